The molecule has 3 aromatic carbocycles. The number of hydrogen-bond donors (Lipinski definition) is 1. The van der Waals surface area contributed by atoms with Gasteiger partial charge in [0.25, 0.3) is 0 Å². The fourth-order valence-electron chi connectivity index (χ4n) is 4.99. The zero-order valence-corrected chi connectivity index (χ0v) is 17.6. The molecule has 1 unspecified atom stereocenters. The average molecular weight is 415 g/mol. The van der Waals surface area contributed by atoms with E-state index >= 15 is 0 Å². The van der Waals surface area contributed by atoms with Crippen LogP contribution in [0.4, 0.5) is 4.39 Å². The number of fused-ring (bicyclic) bond motifs is 2. The van der Waals surface area contributed by atoms with Crippen LogP contribution in [0.15, 0.2) is 72.8 Å². The number of carbonyl (C=O) groups is 1. The molecule has 5 rings (SSSR count). The van der Waals surface area contributed by atoms with Crippen LogP contribution in [0, 0.1) is 5.82 Å². The largest absolute Gasteiger partial charge is 0.351 e. The lowest BCUT2D eigenvalue weighted by molar-refractivity contribution is -0.122. The molecule has 4 heteroatoms. The highest BCUT2D eigenvalue weighted by atomic mass is 19.1. The van der Waals surface area contributed by atoms with Crippen LogP contribution < -0.4 is 5.32 Å². The van der Waals surface area contributed by atoms with Crippen molar-refractivity contribution in [1.82, 2.24) is 10.2 Å². The highest BCUT2D eigenvalue weighted by Crippen LogP contribution is 2.36. The van der Waals surface area contributed by atoms with Crippen LogP contribution in [0.3, 0.4) is 0 Å². The lowest BCUT2D eigenvalue weighted by atomic mass is 9.77. The summed E-state index contributed by atoms with van der Waals surface area (Å²) in [7, 11) is 0. The van der Waals surface area contributed by atoms with Crippen molar-refractivity contribution in [3.05, 3.63) is 106 Å². The van der Waals surface area contributed by atoms with Gasteiger partial charge in [0.2, 0.25) is 5.91 Å². The predicted molar refractivity (Wildman–Crippen MR) is 121 cm³/mol. The molecule has 3 aromatic rings. The number of hydrogen-bond acceptors (Lipinski definition) is 2. The van der Waals surface area contributed by atoms with Crippen molar-refractivity contribution in [3.63, 3.8) is 0 Å². The second-order valence-corrected chi connectivity index (χ2v) is 8.68. The summed E-state index contributed by atoms with van der Waals surface area (Å²) in [4.78, 5) is 15.8. The molecule has 1 saturated heterocycles. The SMILES string of the molecule is O=C(NC1CCN(CCc2ccc(F)cc2)C1)C1c2ccccc2Cc2ccccc21. The Labute approximate surface area is 182 Å². The van der Waals surface area contributed by atoms with Crippen molar-refractivity contribution in [3.8, 4) is 0 Å². The Balaban J connectivity index is 1.24. The average Bonchev–Trinajstić information content (AvgIpc) is 3.24. The first-order chi connectivity index (χ1) is 15.2. The number of likely N-dealkylation sites (tertiary alicyclic amines) is 1. The van der Waals surface area contributed by atoms with Gasteiger partial charge in [-0.2, -0.15) is 0 Å². The molecule has 0 saturated carbocycles. The fourth-order valence-corrected chi connectivity index (χ4v) is 4.99. The zero-order chi connectivity index (χ0) is 21.2. The molecule has 158 valence electrons. The molecule has 1 N–H and O–H groups in total. The van der Waals surface area contributed by atoms with Crippen LogP contribution in [0.5, 0.6) is 0 Å². The summed E-state index contributed by atoms with van der Waals surface area (Å²) in [6, 6.07) is 23.5. The quantitative estimate of drug-likeness (QED) is 0.675. The molecule has 2 aliphatic rings. The highest BCUT2D eigenvalue weighted by Gasteiger charge is 2.33. The van der Waals surface area contributed by atoms with Crippen LogP contribution in [0.25, 0.3) is 0 Å². The molecule has 0 bridgehead atoms. The topological polar surface area (TPSA) is 32.3 Å². The summed E-state index contributed by atoms with van der Waals surface area (Å²) < 4.78 is 13.1. The normalized spacial score (nSPS) is 18.4. The molecule has 1 aliphatic carbocycles. The Hall–Kier alpha value is -2.98. The van der Waals surface area contributed by atoms with Crippen LogP contribution in [0.2, 0.25) is 0 Å². The third-order valence-electron chi connectivity index (χ3n) is 6.62. The van der Waals surface area contributed by atoms with Crippen LogP contribution in [-0.4, -0.2) is 36.5 Å². The number of nitrogens with zero attached hydrogens (tertiary/aromatic N) is 1. The van der Waals surface area contributed by atoms with E-state index < -0.39 is 0 Å². The maximum atomic E-state index is 13.4. The Kier molecular flexibility index (Phi) is 5.56. The molecule has 1 heterocycles. The van der Waals surface area contributed by atoms with Gasteiger partial charge < -0.3 is 10.2 Å². The molecule has 0 aromatic heterocycles. The molecule has 0 spiro atoms. The van der Waals surface area contributed by atoms with E-state index in [-0.39, 0.29) is 23.7 Å². The van der Waals surface area contributed by atoms with Crippen LogP contribution in [-0.2, 0) is 17.6 Å². The molecule has 31 heavy (non-hydrogen) atoms. The lowest BCUT2D eigenvalue weighted by Gasteiger charge is -2.28. The van der Waals surface area contributed by atoms with E-state index in [1.54, 1.807) is 0 Å². The van der Waals surface area contributed by atoms with Gasteiger partial charge in [0.05, 0.1) is 5.92 Å². The van der Waals surface area contributed by atoms with Gasteiger partial charge in [-0.15, -0.1) is 0 Å². The summed E-state index contributed by atoms with van der Waals surface area (Å²) in [5, 5.41) is 3.34. The van der Waals surface area contributed by atoms with Crippen molar-refractivity contribution in [2.45, 2.75) is 31.2 Å². The first kappa shape index (κ1) is 20.0. The Morgan fingerprint density at radius 2 is 1.58 bits per heavy atom. The van der Waals surface area contributed by atoms with Crippen molar-refractivity contribution in [1.29, 1.82) is 0 Å². The van der Waals surface area contributed by atoms with E-state index in [9.17, 15) is 9.18 Å². The number of rotatable bonds is 5. The minimum absolute atomic E-state index is 0.102. The second kappa shape index (κ2) is 8.64. The first-order valence-electron chi connectivity index (χ1n) is 11.1. The monoisotopic (exact) mass is 414 g/mol. The molecular formula is C27H27FN2O. The Morgan fingerprint density at radius 1 is 0.935 bits per heavy atom. The minimum Gasteiger partial charge on any atom is -0.351 e. The smallest absolute Gasteiger partial charge is 0.232 e. The van der Waals surface area contributed by atoms with E-state index in [1.807, 2.05) is 24.3 Å². The van der Waals surface area contributed by atoms with Crippen molar-refractivity contribution in [2.24, 2.45) is 0 Å². The van der Waals surface area contributed by atoms with Crippen LogP contribution in [0.1, 0.15) is 40.2 Å². The van der Waals surface area contributed by atoms with E-state index in [1.165, 1.54) is 23.3 Å². The number of carbonyl (C=O) groups excluding carboxylic acids is 1. The maximum Gasteiger partial charge on any atom is 0.232 e. The standard InChI is InChI=1S/C27H27FN2O/c28-22-11-9-19(10-12-22)13-15-30-16-14-23(18-30)29-27(31)26-24-7-3-1-5-20(24)17-21-6-2-4-8-25(21)26/h1-12,23,26H,13-18H2,(H,29,31). The van der Waals surface area contributed by atoms with Crippen molar-refractivity contribution in [2.75, 3.05) is 19.6 Å². The fraction of sp³-hybridized carbons (Fsp3) is 0.296. The zero-order valence-electron chi connectivity index (χ0n) is 17.6. The predicted octanol–water partition coefficient (Wildman–Crippen LogP) is 4.30. The number of amides is 1. The third-order valence-corrected chi connectivity index (χ3v) is 6.62. The minimum atomic E-state index is -0.241. The summed E-state index contributed by atoms with van der Waals surface area (Å²) in [6.07, 6.45) is 2.74. The molecular weight excluding hydrogens is 387 g/mol. The number of nitrogens with one attached hydrogen (secondary N) is 1. The Morgan fingerprint density at radius 3 is 2.26 bits per heavy atom. The van der Waals surface area contributed by atoms with Crippen LogP contribution >= 0.6 is 0 Å². The van der Waals surface area contributed by atoms with Gasteiger partial charge in [-0.1, -0.05) is 60.7 Å². The lowest BCUT2D eigenvalue weighted by Crippen LogP contribution is -2.41. The molecule has 1 fully saturated rings. The first-order valence-corrected chi connectivity index (χ1v) is 11.1. The molecule has 3 nitrogen and oxygen atoms in total. The van der Waals surface area contributed by atoms with Crippen molar-refractivity contribution >= 4 is 5.91 Å². The van der Waals surface area contributed by atoms with Gasteiger partial charge in [-0.25, -0.2) is 4.39 Å². The maximum absolute atomic E-state index is 13.4. The summed E-state index contributed by atoms with van der Waals surface area (Å²) in [6.45, 7) is 2.76. The van der Waals surface area contributed by atoms with E-state index in [2.05, 4.69) is 46.6 Å². The van der Waals surface area contributed by atoms with E-state index in [0.29, 0.717) is 0 Å². The summed E-state index contributed by atoms with van der Waals surface area (Å²) in [5.74, 6) is -0.335. The second-order valence-electron chi connectivity index (χ2n) is 8.68. The van der Waals surface area contributed by atoms with Gasteiger partial charge >= 0.3 is 0 Å². The summed E-state index contributed by atoms with van der Waals surface area (Å²) in [5.41, 5.74) is 5.89. The molecule has 1 amide bonds. The van der Waals surface area contributed by atoms with Gasteiger partial charge in [0.1, 0.15) is 5.82 Å². The summed E-state index contributed by atoms with van der Waals surface area (Å²) >= 11 is 0. The number of halogens is 1. The Bertz CT molecular complexity index is 1030. The molecule has 0 radical (unpaired) electrons. The van der Waals surface area contributed by atoms with Gasteiger partial charge in [0, 0.05) is 25.7 Å². The number of benzene rings is 3. The highest BCUT2D eigenvalue weighted by molar-refractivity contribution is 5.89. The van der Waals surface area contributed by atoms with Crippen molar-refractivity contribution < 1.29 is 9.18 Å². The van der Waals surface area contributed by atoms with Gasteiger partial charge in [-0.3, -0.25) is 4.79 Å². The molecule has 1 atom stereocenters. The van der Waals surface area contributed by atoms with Gasteiger partial charge in [-0.05, 0) is 59.2 Å². The van der Waals surface area contributed by atoms with Gasteiger partial charge in [0.15, 0.2) is 0 Å². The van der Waals surface area contributed by atoms with E-state index in [0.717, 1.165) is 55.6 Å². The van der Waals surface area contributed by atoms with E-state index in [4.69, 9.17) is 0 Å². The third kappa shape index (κ3) is 4.26. The molecule has 1 aliphatic heterocycles.